The van der Waals surface area contributed by atoms with Crippen LogP contribution in [0.25, 0.3) is 17.1 Å². The Hall–Kier alpha value is -5.21. The lowest BCUT2D eigenvalue weighted by atomic mass is 9.89. The van der Waals surface area contributed by atoms with Gasteiger partial charge in [0.05, 0.1) is 30.8 Å². The maximum atomic E-state index is 13.6. The lowest BCUT2D eigenvalue weighted by molar-refractivity contribution is -0.116. The molecule has 0 radical (unpaired) electrons. The Bertz CT molecular complexity index is 1940. The number of rotatable bonds is 8. The van der Waals surface area contributed by atoms with E-state index in [0.29, 0.717) is 27.8 Å². The fraction of sp³-hybridized carbons (Fsp3) is 0.111. The Morgan fingerprint density at radius 2 is 1.66 bits per heavy atom. The van der Waals surface area contributed by atoms with Crippen LogP contribution in [0.15, 0.2) is 75.0 Å². The van der Waals surface area contributed by atoms with Gasteiger partial charge in [0.25, 0.3) is 5.91 Å². The van der Waals surface area contributed by atoms with E-state index in [9.17, 15) is 22.8 Å². The number of imidazole rings is 1. The molecule has 3 aromatic carbocycles. The van der Waals surface area contributed by atoms with Crippen LogP contribution in [0, 0.1) is 0 Å². The van der Waals surface area contributed by atoms with Crippen LogP contribution in [-0.2, 0) is 19.6 Å². The Balaban J connectivity index is 1.49. The van der Waals surface area contributed by atoms with E-state index in [2.05, 4.69) is 30.5 Å². The molecule has 41 heavy (non-hydrogen) atoms. The largest absolute Gasteiger partial charge is 0.495 e. The summed E-state index contributed by atoms with van der Waals surface area (Å²) < 4.78 is 37.7. The van der Waals surface area contributed by atoms with Gasteiger partial charge in [0.15, 0.2) is 0 Å². The number of hydrogen-bond acceptors (Lipinski definition) is 9. The fourth-order valence-corrected chi connectivity index (χ4v) is 5.18. The normalized spacial score (nSPS) is 14.0. The number of Topliss-reactive ketones (excluding diaryl/α,β-unsaturated/α-hetero) is 1. The van der Waals surface area contributed by atoms with Crippen molar-refractivity contribution in [1.82, 2.24) is 14.7 Å². The van der Waals surface area contributed by atoms with E-state index in [0.717, 1.165) is 0 Å². The predicted octanol–water partition coefficient (Wildman–Crippen LogP) is 2.20. The Morgan fingerprint density at radius 1 is 0.927 bits per heavy atom. The van der Waals surface area contributed by atoms with Gasteiger partial charge in [-0.05, 0) is 36.9 Å². The van der Waals surface area contributed by atoms with Crippen LogP contribution >= 0.6 is 0 Å². The number of ether oxygens (including phenoxy) is 2. The minimum absolute atomic E-state index is 0.0129. The number of amides is 1. The maximum absolute atomic E-state index is 13.6. The van der Waals surface area contributed by atoms with Crippen molar-refractivity contribution in [3.63, 3.8) is 0 Å². The van der Waals surface area contributed by atoms with Crippen molar-refractivity contribution < 1.29 is 27.5 Å². The molecule has 210 valence electrons. The van der Waals surface area contributed by atoms with Gasteiger partial charge in [0.1, 0.15) is 27.8 Å². The molecule has 1 aliphatic rings. The minimum Gasteiger partial charge on any atom is -0.495 e. The number of nitrogens with one attached hydrogen (secondary N) is 5. The third-order valence-corrected chi connectivity index (χ3v) is 7.76. The molecule has 0 atom stereocenters. The third kappa shape index (κ3) is 5.20. The van der Waals surface area contributed by atoms with Crippen molar-refractivity contribution in [3.05, 3.63) is 81.8 Å². The van der Waals surface area contributed by atoms with Crippen molar-refractivity contribution in [3.8, 4) is 11.5 Å². The zero-order chi connectivity index (χ0) is 29.3. The highest BCUT2D eigenvalue weighted by atomic mass is 32.2. The van der Waals surface area contributed by atoms with E-state index in [1.807, 2.05) is 0 Å². The van der Waals surface area contributed by atoms with Crippen LogP contribution in [-0.4, -0.2) is 57.1 Å². The number of carbonyl (C=O) groups is 2. The summed E-state index contributed by atoms with van der Waals surface area (Å²) in [6.45, 7) is 0. The van der Waals surface area contributed by atoms with E-state index in [1.165, 1.54) is 39.5 Å². The SMILES string of the molecule is CNS(=O)(=O)c1cc(OC)c(N/N=C2\C(=O)C(C(=O)Nc3ccc4[nH]c(=O)[nH]c4c3)=Cc3ccccc32)cc1OC. The second-order valence-electron chi connectivity index (χ2n) is 8.75. The molecule has 0 saturated carbocycles. The van der Waals surface area contributed by atoms with E-state index >= 15 is 0 Å². The molecule has 14 heteroatoms. The van der Waals surface area contributed by atoms with Crippen LogP contribution in [0.1, 0.15) is 11.1 Å². The van der Waals surface area contributed by atoms with Gasteiger partial charge in [-0.3, -0.25) is 15.0 Å². The molecule has 1 aromatic heterocycles. The summed E-state index contributed by atoms with van der Waals surface area (Å²) >= 11 is 0. The summed E-state index contributed by atoms with van der Waals surface area (Å²) in [6, 6.07) is 14.3. The summed E-state index contributed by atoms with van der Waals surface area (Å²) in [5, 5.41) is 7.00. The van der Waals surface area contributed by atoms with Crippen molar-refractivity contribution in [2.75, 3.05) is 32.0 Å². The van der Waals surface area contributed by atoms with E-state index in [1.54, 1.807) is 42.5 Å². The van der Waals surface area contributed by atoms with Crippen molar-refractivity contribution in [2.45, 2.75) is 4.90 Å². The summed E-state index contributed by atoms with van der Waals surface area (Å²) in [7, 11) is 0.0614. The molecule has 0 spiro atoms. The lowest BCUT2D eigenvalue weighted by Crippen LogP contribution is -2.30. The first-order valence-electron chi connectivity index (χ1n) is 12.1. The molecule has 4 aromatic rings. The quantitative estimate of drug-likeness (QED) is 0.156. The fourth-order valence-electron chi connectivity index (χ4n) is 4.29. The molecule has 1 aliphatic carbocycles. The van der Waals surface area contributed by atoms with Crippen LogP contribution < -0.4 is 30.6 Å². The molecule has 0 bridgehead atoms. The molecular weight excluding hydrogens is 552 g/mol. The van der Waals surface area contributed by atoms with Crippen LogP contribution in [0.2, 0.25) is 0 Å². The highest BCUT2D eigenvalue weighted by Gasteiger charge is 2.30. The zero-order valence-corrected chi connectivity index (χ0v) is 22.8. The van der Waals surface area contributed by atoms with Crippen molar-refractivity contribution in [1.29, 1.82) is 0 Å². The highest BCUT2D eigenvalue weighted by molar-refractivity contribution is 7.89. The molecule has 0 aliphatic heterocycles. The van der Waals surface area contributed by atoms with E-state index < -0.39 is 21.7 Å². The molecule has 1 heterocycles. The average molecular weight is 577 g/mol. The number of aromatic nitrogens is 2. The number of benzene rings is 3. The topological polar surface area (TPSA) is 184 Å². The first-order valence-corrected chi connectivity index (χ1v) is 13.6. The number of fused-ring (bicyclic) bond motifs is 2. The summed E-state index contributed by atoms with van der Waals surface area (Å²) in [4.78, 5) is 43.5. The number of nitrogens with zero attached hydrogens (tertiary/aromatic N) is 1. The van der Waals surface area contributed by atoms with E-state index in [4.69, 9.17) is 9.47 Å². The predicted molar refractivity (Wildman–Crippen MR) is 153 cm³/mol. The smallest absolute Gasteiger partial charge is 0.323 e. The number of aromatic amines is 2. The van der Waals surface area contributed by atoms with Gasteiger partial charge in [0.2, 0.25) is 15.8 Å². The monoisotopic (exact) mass is 576 g/mol. The molecule has 0 fully saturated rings. The molecule has 0 unspecified atom stereocenters. The van der Waals surface area contributed by atoms with Gasteiger partial charge in [-0.25, -0.2) is 17.9 Å². The van der Waals surface area contributed by atoms with Gasteiger partial charge in [-0.2, -0.15) is 5.10 Å². The summed E-state index contributed by atoms with van der Waals surface area (Å²) in [5.74, 6) is -1.19. The van der Waals surface area contributed by atoms with Crippen molar-refractivity contribution >= 4 is 55.9 Å². The first kappa shape index (κ1) is 27.4. The molecular formula is C27H24N6O7S. The first-order chi connectivity index (χ1) is 19.6. The molecule has 5 N–H and O–H groups in total. The second-order valence-corrected chi connectivity index (χ2v) is 10.6. The van der Waals surface area contributed by atoms with Gasteiger partial charge >= 0.3 is 5.69 Å². The summed E-state index contributed by atoms with van der Waals surface area (Å²) in [5.41, 5.74) is 4.88. The number of hydrogen-bond donors (Lipinski definition) is 5. The number of H-pyrrole nitrogens is 2. The Morgan fingerprint density at radius 3 is 2.39 bits per heavy atom. The minimum atomic E-state index is -3.87. The maximum Gasteiger partial charge on any atom is 0.323 e. The van der Waals surface area contributed by atoms with Crippen LogP contribution in [0.5, 0.6) is 11.5 Å². The van der Waals surface area contributed by atoms with E-state index in [-0.39, 0.29) is 39.1 Å². The number of ketones is 1. The third-order valence-electron chi connectivity index (χ3n) is 6.33. The Kier molecular flexibility index (Phi) is 7.17. The number of methoxy groups -OCH3 is 2. The zero-order valence-electron chi connectivity index (χ0n) is 22.0. The number of sulfonamides is 1. The molecule has 13 nitrogen and oxygen atoms in total. The van der Waals surface area contributed by atoms with Gasteiger partial charge in [-0.15, -0.1) is 0 Å². The molecule has 5 rings (SSSR count). The van der Waals surface area contributed by atoms with Crippen LogP contribution in [0.4, 0.5) is 11.4 Å². The van der Waals surface area contributed by atoms with Gasteiger partial charge < -0.3 is 24.8 Å². The number of anilines is 2. The number of carbonyl (C=O) groups excluding carboxylic acids is 2. The second kappa shape index (κ2) is 10.7. The van der Waals surface area contributed by atoms with Gasteiger partial charge in [0, 0.05) is 23.4 Å². The highest BCUT2D eigenvalue weighted by Crippen LogP contribution is 2.36. The Labute approximate surface area is 233 Å². The average Bonchev–Trinajstić information content (AvgIpc) is 3.35. The van der Waals surface area contributed by atoms with Gasteiger partial charge in [-0.1, -0.05) is 24.3 Å². The number of hydrazone groups is 1. The molecule has 1 amide bonds. The van der Waals surface area contributed by atoms with Crippen molar-refractivity contribution in [2.24, 2.45) is 5.10 Å². The molecule has 0 saturated heterocycles. The van der Waals surface area contributed by atoms with Crippen LogP contribution in [0.3, 0.4) is 0 Å². The lowest BCUT2D eigenvalue weighted by Gasteiger charge is -2.18. The summed E-state index contributed by atoms with van der Waals surface area (Å²) in [6.07, 6.45) is 1.48. The standard InChI is InChI=1S/C27H24N6O7S/c1-28-41(37,38)23-13-21(39-2)20(12-22(23)40-3)32-33-24-16-7-5-4-6-14(16)10-17(25(24)34)26(35)29-15-8-9-18-19(11-15)31-27(36)30-18/h4-13,28,32H,1-3H3,(H,29,35)(H2,30,31,36)/b33-24-.